The minimum absolute atomic E-state index is 0.0347. The van der Waals surface area contributed by atoms with Crippen molar-refractivity contribution in [1.29, 1.82) is 0 Å². The molecule has 13 nitrogen and oxygen atoms in total. The Morgan fingerprint density at radius 2 is 1.41 bits per heavy atom. The number of para-hydroxylation sites is 1. The van der Waals surface area contributed by atoms with E-state index in [0.717, 1.165) is 16.5 Å². The first-order chi connectivity index (χ1) is 22.0. The number of benzene rings is 2. The molecule has 4 amide bonds. The molecule has 13 heteroatoms. The fourth-order valence-corrected chi connectivity index (χ4v) is 5.69. The Hall–Kier alpha value is -4.59. The Labute approximate surface area is 267 Å². The molecular weight excluding hydrogens is 590 g/mol. The summed E-state index contributed by atoms with van der Waals surface area (Å²) in [7, 11) is 0. The molecule has 4 rings (SSSR count). The van der Waals surface area contributed by atoms with Crippen LogP contribution in [0.3, 0.4) is 0 Å². The summed E-state index contributed by atoms with van der Waals surface area (Å²) in [5.74, 6) is -4.81. The van der Waals surface area contributed by atoms with Crippen LogP contribution in [0.1, 0.15) is 50.2 Å². The predicted octanol–water partition coefficient (Wildman–Crippen LogP) is -0.127. The largest absolute Gasteiger partial charge is 0.391 e. The van der Waals surface area contributed by atoms with Crippen LogP contribution in [0.4, 0.5) is 0 Å². The van der Waals surface area contributed by atoms with Gasteiger partial charge in [0.15, 0.2) is 5.78 Å². The van der Waals surface area contributed by atoms with Crippen molar-refractivity contribution in [2.75, 3.05) is 6.54 Å². The highest BCUT2D eigenvalue weighted by atomic mass is 16.3. The number of unbranched alkanes of at least 4 members (excludes halogenated alkanes) is 1. The van der Waals surface area contributed by atoms with E-state index in [0.29, 0.717) is 24.9 Å². The van der Waals surface area contributed by atoms with Crippen molar-refractivity contribution < 1.29 is 29.1 Å². The number of hydrogen-bond donors (Lipinski definition) is 8. The van der Waals surface area contributed by atoms with E-state index in [9.17, 15) is 29.1 Å². The third-order valence-corrected chi connectivity index (χ3v) is 8.20. The maximum absolute atomic E-state index is 14.2. The van der Waals surface area contributed by atoms with E-state index in [4.69, 9.17) is 11.5 Å². The molecule has 7 atom stereocenters. The molecule has 0 radical (unpaired) electrons. The van der Waals surface area contributed by atoms with Gasteiger partial charge in [-0.3, -0.25) is 24.0 Å². The standard InChI is InChI=1S/C33H43N7O6/c1-18(35)29(42)26(20-10-4-3-5-11-20)28-33(46)38-25(16-21-17-36-23-13-7-6-12-22(21)23)31(44)37-24(14-8-9-15-34)30(43)39-27(19(2)41)32(45)40-28/h3-7,10-13,17-19,24-28,36,41H,8-9,14-16,34-35H2,1-2H3,(H,37,44)(H,38,46)(H,39,43)(H,40,45)/t18-,19+,24-,25+,26?,27-,28-/m0/s1. The van der Waals surface area contributed by atoms with Gasteiger partial charge in [-0.25, -0.2) is 0 Å². The zero-order valence-electron chi connectivity index (χ0n) is 26.0. The van der Waals surface area contributed by atoms with Gasteiger partial charge in [-0.05, 0) is 56.8 Å². The van der Waals surface area contributed by atoms with Crippen molar-refractivity contribution in [3.8, 4) is 0 Å². The first kappa shape index (κ1) is 34.3. The van der Waals surface area contributed by atoms with Gasteiger partial charge in [0.1, 0.15) is 24.2 Å². The number of nitrogens with two attached hydrogens (primary N) is 2. The zero-order chi connectivity index (χ0) is 33.4. The van der Waals surface area contributed by atoms with Crippen LogP contribution in [0.2, 0.25) is 0 Å². The Morgan fingerprint density at radius 3 is 2.09 bits per heavy atom. The highest BCUT2D eigenvalue weighted by Gasteiger charge is 2.42. The van der Waals surface area contributed by atoms with Crippen molar-refractivity contribution in [2.45, 2.75) is 81.8 Å². The topological polar surface area (TPSA) is 222 Å². The molecule has 46 heavy (non-hydrogen) atoms. The number of aliphatic hydroxyl groups is 1. The Morgan fingerprint density at radius 1 is 0.804 bits per heavy atom. The Balaban J connectivity index is 1.80. The molecule has 0 saturated carbocycles. The second-order valence-corrected chi connectivity index (χ2v) is 11.8. The molecule has 1 aliphatic heterocycles. The number of nitrogens with one attached hydrogen (secondary N) is 5. The number of fused-ring (bicyclic) bond motifs is 1. The number of Topliss-reactive ketones (excluding diaryl/α,β-unsaturated/α-hetero) is 1. The van der Waals surface area contributed by atoms with Crippen LogP contribution < -0.4 is 32.7 Å². The maximum Gasteiger partial charge on any atom is 0.245 e. The van der Waals surface area contributed by atoms with Gasteiger partial charge in [0.05, 0.1) is 18.1 Å². The van der Waals surface area contributed by atoms with E-state index < -0.39 is 71.6 Å². The monoisotopic (exact) mass is 633 g/mol. The molecule has 2 aromatic carbocycles. The summed E-state index contributed by atoms with van der Waals surface area (Å²) in [4.78, 5) is 72.1. The predicted molar refractivity (Wildman–Crippen MR) is 172 cm³/mol. The number of rotatable bonds is 11. The zero-order valence-corrected chi connectivity index (χ0v) is 26.0. The lowest BCUT2D eigenvalue weighted by Crippen LogP contribution is -2.65. The SMILES string of the molecule is C[C@H](N)C(=O)C(c1ccccc1)[C@@H]1NC(=O)[C@H]([C@@H](C)O)NC(=O)[C@H](CCCCN)NC(=O)[C@@H](Cc2c[nH]c3ccccc23)NC1=O. The quantitative estimate of drug-likeness (QED) is 0.133. The summed E-state index contributed by atoms with van der Waals surface area (Å²) in [6, 6.07) is 9.51. The minimum atomic E-state index is -1.55. The number of hydrogen-bond acceptors (Lipinski definition) is 8. The van der Waals surface area contributed by atoms with E-state index in [2.05, 4.69) is 26.3 Å². The van der Waals surface area contributed by atoms with Crippen molar-refractivity contribution in [1.82, 2.24) is 26.3 Å². The number of amides is 4. The lowest BCUT2D eigenvalue weighted by atomic mass is 9.84. The molecule has 1 unspecified atom stereocenters. The number of aromatic nitrogens is 1. The van der Waals surface area contributed by atoms with Crippen LogP contribution in [0, 0.1) is 0 Å². The summed E-state index contributed by atoms with van der Waals surface area (Å²) < 4.78 is 0. The van der Waals surface area contributed by atoms with Crippen LogP contribution in [0.5, 0.6) is 0 Å². The third kappa shape index (κ3) is 8.16. The lowest BCUT2D eigenvalue weighted by Gasteiger charge is -2.33. The first-order valence-corrected chi connectivity index (χ1v) is 15.5. The van der Waals surface area contributed by atoms with Crippen molar-refractivity contribution in [3.63, 3.8) is 0 Å². The second-order valence-electron chi connectivity index (χ2n) is 11.8. The van der Waals surface area contributed by atoms with Gasteiger partial charge < -0.3 is 42.8 Å². The van der Waals surface area contributed by atoms with Crippen molar-refractivity contribution >= 4 is 40.3 Å². The summed E-state index contributed by atoms with van der Waals surface area (Å²) in [5, 5.41) is 22.0. The molecule has 1 saturated heterocycles. The minimum Gasteiger partial charge on any atom is -0.391 e. The van der Waals surface area contributed by atoms with Gasteiger partial charge in [0.2, 0.25) is 23.6 Å². The molecule has 10 N–H and O–H groups in total. The molecule has 0 spiro atoms. The van der Waals surface area contributed by atoms with E-state index >= 15 is 0 Å². The maximum atomic E-state index is 14.2. The van der Waals surface area contributed by atoms with Crippen LogP contribution >= 0.6 is 0 Å². The Bertz CT molecular complexity index is 1540. The highest BCUT2D eigenvalue weighted by Crippen LogP contribution is 2.24. The van der Waals surface area contributed by atoms with E-state index in [-0.39, 0.29) is 12.8 Å². The highest BCUT2D eigenvalue weighted by molar-refractivity contribution is 6.02. The molecule has 1 aliphatic rings. The lowest BCUT2D eigenvalue weighted by molar-refractivity contribution is -0.139. The summed E-state index contributed by atoms with van der Waals surface area (Å²) in [6.45, 7) is 3.17. The number of ketones is 1. The average molecular weight is 634 g/mol. The molecule has 1 fully saturated rings. The molecule has 246 valence electrons. The number of aromatic amines is 1. The molecule has 1 aromatic heterocycles. The van der Waals surface area contributed by atoms with Gasteiger partial charge >= 0.3 is 0 Å². The molecule has 2 heterocycles. The number of H-pyrrole nitrogens is 1. The first-order valence-electron chi connectivity index (χ1n) is 15.5. The van der Waals surface area contributed by atoms with Crippen LogP contribution in [0.15, 0.2) is 60.8 Å². The fraction of sp³-hybridized carbons (Fsp3) is 0.424. The van der Waals surface area contributed by atoms with Crippen LogP contribution in [-0.2, 0) is 30.4 Å². The van der Waals surface area contributed by atoms with Crippen LogP contribution in [-0.4, -0.2) is 82.4 Å². The summed E-state index contributed by atoms with van der Waals surface area (Å²) >= 11 is 0. The summed E-state index contributed by atoms with van der Waals surface area (Å²) in [5.41, 5.74) is 13.6. The molecular formula is C33H43N7O6. The van der Waals surface area contributed by atoms with E-state index in [1.165, 1.54) is 13.8 Å². The van der Waals surface area contributed by atoms with Gasteiger partial charge in [-0.2, -0.15) is 0 Å². The fourth-order valence-electron chi connectivity index (χ4n) is 5.69. The van der Waals surface area contributed by atoms with Crippen LogP contribution in [0.25, 0.3) is 10.9 Å². The normalized spacial score (nSPS) is 23.2. The van der Waals surface area contributed by atoms with Crippen molar-refractivity contribution in [2.24, 2.45) is 11.5 Å². The second kappa shape index (κ2) is 15.6. The van der Waals surface area contributed by atoms with E-state index in [1.54, 1.807) is 36.5 Å². The molecule has 0 bridgehead atoms. The van der Waals surface area contributed by atoms with Gasteiger partial charge in [0, 0.05) is 23.5 Å². The van der Waals surface area contributed by atoms with Crippen molar-refractivity contribution in [3.05, 3.63) is 71.9 Å². The van der Waals surface area contributed by atoms with Gasteiger partial charge in [0.25, 0.3) is 0 Å². The number of carbonyl (C=O) groups excluding carboxylic acids is 5. The van der Waals surface area contributed by atoms with E-state index in [1.807, 2.05) is 24.3 Å². The summed E-state index contributed by atoms with van der Waals surface area (Å²) in [6.07, 6.45) is 1.69. The molecule has 0 aliphatic carbocycles. The molecule has 3 aromatic rings. The number of aliphatic hydroxyl groups excluding tert-OH is 1. The smallest absolute Gasteiger partial charge is 0.245 e. The van der Waals surface area contributed by atoms with Gasteiger partial charge in [-0.1, -0.05) is 48.5 Å². The number of carbonyl (C=O) groups is 5. The van der Waals surface area contributed by atoms with Gasteiger partial charge in [-0.15, -0.1) is 0 Å². The third-order valence-electron chi connectivity index (χ3n) is 8.20. The average Bonchev–Trinajstić information content (AvgIpc) is 3.44. The Kier molecular flexibility index (Phi) is 11.6.